The van der Waals surface area contributed by atoms with Crippen molar-refractivity contribution in [2.75, 3.05) is 12.3 Å². The van der Waals surface area contributed by atoms with E-state index >= 15 is 0 Å². The van der Waals surface area contributed by atoms with Crippen LogP contribution >= 0.6 is 0 Å². The van der Waals surface area contributed by atoms with E-state index in [1.165, 1.54) is 13.0 Å². The molecule has 0 heterocycles. The summed E-state index contributed by atoms with van der Waals surface area (Å²) < 4.78 is 4.67. The SMILES string of the molecule is CCOC(=O)CC(O)C(O)c1cc(C)c([N+](=O)[O-])cc1N. The number of nitro groups is 1. The van der Waals surface area contributed by atoms with Crippen LogP contribution in [-0.4, -0.2) is 33.8 Å². The van der Waals surface area contributed by atoms with Crippen LogP contribution < -0.4 is 5.73 Å². The fourth-order valence-electron chi connectivity index (χ4n) is 1.90. The number of esters is 1. The van der Waals surface area contributed by atoms with Gasteiger partial charge in [0.2, 0.25) is 0 Å². The number of hydrogen-bond acceptors (Lipinski definition) is 7. The minimum Gasteiger partial charge on any atom is -0.466 e. The Morgan fingerprint density at radius 1 is 1.48 bits per heavy atom. The summed E-state index contributed by atoms with van der Waals surface area (Å²) in [6.45, 7) is 3.28. The van der Waals surface area contributed by atoms with Crippen LogP contribution in [0.4, 0.5) is 11.4 Å². The predicted octanol–water partition coefficient (Wildman–Crippen LogP) is 0.833. The van der Waals surface area contributed by atoms with E-state index in [1.807, 2.05) is 0 Å². The molecule has 2 unspecified atom stereocenters. The summed E-state index contributed by atoms with van der Waals surface area (Å²) in [5.41, 5.74) is 5.89. The molecule has 2 atom stereocenters. The fraction of sp³-hybridized carbons (Fsp3) is 0.462. The molecule has 1 aromatic carbocycles. The van der Waals surface area contributed by atoms with Gasteiger partial charge in [-0.05, 0) is 19.9 Å². The smallest absolute Gasteiger partial charge is 0.308 e. The first kappa shape index (κ1) is 16.9. The highest BCUT2D eigenvalue weighted by Gasteiger charge is 2.26. The molecular formula is C13H18N2O6. The summed E-state index contributed by atoms with van der Waals surface area (Å²) in [4.78, 5) is 21.5. The molecule has 0 aliphatic carbocycles. The highest BCUT2D eigenvalue weighted by Crippen LogP contribution is 2.31. The normalized spacial score (nSPS) is 13.5. The summed E-state index contributed by atoms with van der Waals surface area (Å²) >= 11 is 0. The number of nitrogen functional groups attached to an aromatic ring is 1. The van der Waals surface area contributed by atoms with Crippen LogP contribution in [0.15, 0.2) is 12.1 Å². The van der Waals surface area contributed by atoms with Crippen molar-refractivity contribution in [2.45, 2.75) is 32.5 Å². The molecule has 116 valence electrons. The average Bonchev–Trinajstić information content (AvgIpc) is 2.39. The second kappa shape index (κ2) is 7.00. The third-order valence-electron chi connectivity index (χ3n) is 2.96. The van der Waals surface area contributed by atoms with Crippen molar-refractivity contribution >= 4 is 17.3 Å². The fourth-order valence-corrected chi connectivity index (χ4v) is 1.90. The number of aliphatic hydroxyl groups is 2. The lowest BCUT2D eigenvalue weighted by atomic mass is 9.98. The Morgan fingerprint density at radius 3 is 2.62 bits per heavy atom. The molecule has 0 radical (unpaired) electrons. The number of nitro benzene ring substituents is 1. The quantitative estimate of drug-likeness (QED) is 0.306. The van der Waals surface area contributed by atoms with E-state index in [-0.39, 0.29) is 23.5 Å². The lowest BCUT2D eigenvalue weighted by Gasteiger charge is -2.19. The molecule has 4 N–H and O–H groups in total. The molecule has 0 amide bonds. The second-order valence-corrected chi connectivity index (χ2v) is 4.55. The van der Waals surface area contributed by atoms with Crippen molar-refractivity contribution in [1.82, 2.24) is 0 Å². The lowest BCUT2D eigenvalue weighted by molar-refractivity contribution is -0.385. The van der Waals surface area contributed by atoms with Crippen LogP contribution in [0.2, 0.25) is 0 Å². The number of benzene rings is 1. The van der Waals surface area contributed by atoms with Crippen molar-refractivity contribution in [2.24, 2.45) is 0 Å². The molecule has 0 aliphatic rings. The minimum absolute atomic E-state index is 0.0253. The van der Waals surface area contributed by atoms with Gasteiger partial charge in [-0.25, -0.2) is 0 Å². The van der Waals surface area contributed by atoms with Gasteiger partial charge in [0.05, 0.1) is 24.1 Å². The van der Waals surface area contributed by atoms with E-state index < -0.39 is 29.5 Å². The Morgan fingerprint density at radius 2 is 2.10 bits per heavy atom. The first-order chi connectivity index (χ1) is 9.77. The maximum atomic E-state index is 11.3. The first-order valence-electron chi connectivity index (χ1n) is 6.34. The molecule has 8 heteroatoms. The number of aliphatic hydroxyl groups excluding tert-OH is 2. The van der Waals surface area contributed by atoms with Crippen molar-refractivity contribution < 1.29 is 24.7 Å². The average molecular weight is 298 g/mol. The number of carbonyl (C=O) groups excluding carboxylic acids is 1. The van der Waals surface area contributed by atoms with Gasteiger partial charge >= 0.3 is 5.97 Å². The van der Waals surface area contributed by atoms with E-state index in [0.717, 1.165) is 6.07 Å². The van der Waals surface area contributed by atoms with E-state index in [9.17, 15) is 25.1 Å². The van der Waals surface area contributed by atoms with Crippen molar-refractivity contribution in [3.8, 4) is 0 Å². The van der Waals surface area contributed by atoms with Gasteiger partial charge in [0.25, 0.3) is 5.69 Å². The highest BCUT2D eigenvalue weighted by atomic mass is 16.6. The number of rotatable bonds is 6. The molecule has 1 aromatic rings. The Kier molecular flexibility index (Phi) is 5.62. The highest BCUT2D eigenvalue weighted by molar-refractivity contribution is 5.70. The van der Waals surface area contributed by atoms with Gasteiger partial charge in [0.15, 0.2) is 0 Å². The van der Waals surface area contributed by atoms with Crippen LogP contribution in [-0.2, 0) is 9.53 Å². The minimum atomic E-state index is -1.44. The molecule has 0 saturated heterocycles. The van der Waals surface area contributed by atoms with E-state index in [0.29, 0.717) is 5.56 Å². The third-order valence-corrected chi connectivity index (χ3v) is 2.96. The van der Waals surface area contributed by atoms with E-state index in [1.54, 1.807) is 6.92 Å². The Hall–Kier alpha value is -2.19. The molecule has 0 spiro atoms. The van der Waals surface area contributed by atoms with Crippen molar-refractivity contribution in [3.63, 3.8) is 0 Å². The molecule has 0 aliphatic heterocycles. The second-order valence-electron chi connectivity index (χ2n) is 4.55. The van der Waals surface area contributed by atoms with Gasteiger partial charge in [-0.15, -0.1) is 0 Å². The number of carbonyl (C=O) groups is 1. The zero-order valence-corrected chi connectivity index (χ0v) is 11.8. The molecule has 0 saturated carbocycles. The van der Waals surface area contributed by atoms with Gasteiger partial charge in [-0.1, -0.05) is 0 Å². The van der Waals surface area contributed by atoms with Crippen LogP contribution in [0, 0.1) is 17.0 Å². The zero-order chi connectivity index (χ0) is 16.2. The molecule has 8 nitrogen and oxygen atoms in total. The largest absolute Gasteiger partial charge is 0.466 e. The van der Waals surface area contributed by atoms with Gasteiger partial charge in [0, 0.05) is 22.9 Å². The van der Waals surface area contributed by atoms with Crippen LogP contribution in [0.5, 0.6) is 0 Å². The third kappa shape index (κ3) is 4.14. The monoisotopic (exact) mass is 298 g/mol. The topological polar surface area (TPSA) is 136 Å². The molecule has 0 fully saturated rings. The number of aryl methyl sites for hydroxylation is 1. The number of hydrogen-bond donors (Lipinski definition) is 3. The van der Waals surface area contributed by atoms with Crippen LogP contribution in [0.3, 0.4) is 0 Å². The maximum Gasteiger partial charge on any atom is 0.308 e. The van der Waals surface area contributed by atoms with E-state index in [2.05, 4.69) is 4.74 Å². The van der Waals surface area contributed by atoms with E-state index in [4.69, 9.17) is 5.73 Å². The number of nitrogens with two attached hydrogens (primary N) is 1. The summed E-state index contributed by atoms with van der Waals surface area (Å²) in [6, 6.07) is 2.44. The van der Waals surface area contributed by atoms with Crippen molar-refractivity contribution in [1.29, 1.82) is 0 Å². The zero-order valence-electron chi connectivity index (χ0n) is 11.8. The first-order valence-corrected chi connectivity index (χ1v) is 6.34. The maximum absolute atomic E-state index is 11.3. The molecule has 1 rings (SSSR count). The van der Waals surface area contributed by atoms with Crippen LogP contribution in [0.1, 0.15) is 30.6 Å². The van der Waals surface area contributed by atoms with Crippen LogP contribution in [0.25, 0.3) is 0 Å². The molecule has 0 bridgehead atoms. The summed E-state index contributed by atoms with van der Waals surface area (Å²) in [5, 5.41) is 30.6. The standard InChI is InChI=1S/C13H18N2O6/c1-3-21-12(17)6-11(16)13(18)8-4-7(2)10(15(19)20)5-9(8)14/h4-5,11,13,16,18H,3,6,14H2,1-2H3. The number of ether oxygens (including phenoxy) is 1. The molecular weight excluding hydrogens is 280 g/mol. The van der Waals surface area contributed by atoms with Gasteiger partial charge < -0.3 is 20.7 Å². The Labute approximate surface area is 121 Å². The number of nitrogens with zero attached hydrogens (tertiary/aromatic N) is 1. The van der Waals surface area contributed by atoms with Crippen molar-refractivity contribution in [3.05, 3.63) is 33.4 Å². The van der Waals surface area contributed by atoms with Gasteiger partial charge in [-0.2, -0.15) is 0 Å². The predicted molar refractivity (Wildman–Crippen MR) is 74.5 cm³/mol. The molecule has 0 aromatic heterocycles. The summed E-state index contributed by atoms with van der Waals surface area (Å²) in [6.07, 6.45) is -3.24. The lowest BCUT2D eigenvalue weighted by Crippen LogP contribution is -2.24. The van der Waals surface area contributed by atoms with Gasteiger partial charge in [-0.3, -0.25) is 14.9 Å². The number of anilines is 1. The Bertz CT molecular complexity index is 546. The van der Waals surface area contributed by atoms with Gasteiger partial charge in [0.1, 0.15) is 6.10 Å². The Balaban J connectivity index is 2.97. The summed E-state index contributed by atoms with van der Waals surface area (Å²) in [5.74, 6) is -0.652. The molecule has 21 heavy (non-hydrogen) atoms. The summed E-state index contributed by atoms with van der Waals surface area (Å²) in [7, 11) is 0.